The van der Waals surface area contributed by atoms with Crippen molar-refractivity contribution >= 4 is 23.9 Å². The summed E-state index contributed by atoms with van der Waals surface area (Å²) in [6.07, 6.45) is 0.818. The summed E-state index contributed by atoms with van der Waals surface area (Å²) in [5.41, 5.74) is 4.68. The quantitative estimate of drug-likeness (QED) is 0.256. The van der Waals surface area contributed by atoms with Crippen molar-refractivity contribution in [1.82, 2.24) is 10.6 Å². The summed E-state index contributed by atoms with van der Waals surface area (Å²) >= 11 is 0. The van der Waals surface area contributed by atoms with Crippen molar-refractivity contribution < 1.29 is 34.1 Å². The van der Waals surface area contributed by atoms with Gasteiger partial charge < -0.3 is 31.3 Å². The van der Waals surface area contributed by atoms with E-state index in [0.29, 0.717) is 19.4 Å². The van der Waals surface area contributed by atoms with Gasteiger partial charge in [0.2, 0.25) is 0 Å². The zero-order chi connectivity index (χ0) is 20.3. The fourth-order valence-electron chi connectivity index (χ4n) is 2.00. The highest BCUT2D eigenvalue weighted by Gasteiger charge is 2.28. The Morgan fingerprint density at radius 1 is 1.00 bits per heavy atom. The molecule has 0 heterocycles. The van der Waals surface area contributed by atoms with Crippen molar-refractivity contribution in [2.24, 2.45) is 5.73 Å². The molecular weight excluding hydrogens is 346 g/mol. The van der Waals surface area contributed by atoms with Crippen molar-refractivity contribution in [1.29, 1.82) is 0 Å². The normalized spacial score (nSPS) is 13.4. The van der Waals surface area contributed by atoms with Crippen LogP contribution in [0.3, 0.4) is 0 Å². The summed E-state index contributed by atoms with van der Waals surface area (Å²) in [6, 6.07) is -3.23. The third kappa shape index (κ3) is 11.2. The predicted octanol–water partition coefficient (Wildman–Crippen LogP) is 0.443. The lowest BCUT2D eigenvalue weighted by Gasteiger charge is -2.25. The Bertz CT molecular complexity index is 503. The fraction of sp³-hybridized carbons (Fsp3) is 0.750. The molecule has 0 aliphatic carbocycles. The highest BCUT2D eigenvalue weighted by molar-refractivity contribution is 5.86. The van der Waals surface area contributed by atoms with Crippen molar-refractivity contribution in [2.75, 3.05) is 6.54 Å². The number of unbranched alkanes of at least 4 members (excludes halogenated alkanes) is 1. The summed E-state index contributed by atoms with van der Waals surface area (Å²) in [7, 11) is 0. The predicted molar refractivity (Wildman–Crippen MR) is 92.5 cm³/mol. The lowest BCUT2D eigenvalue weighted by atomic mass is 10.1. The number of hydrogen-bond acceptors (Lipinski definition) is 6. The Kier molecular flexibility index (Phi) is 10.3. The first-order valence-electron chi connectivity index (χ1n) is 8.40. The van der Waals surface area contributed by atoms with E-state index in [9.17, 15) is 19.2 Å². The van der Waals surface area contributed by atoms with E-state index in [-0.39, 0.29) is 12.8 Å². The SMILES string of the molecule is CC(C)(C)OC(=O)[C@@H](CCCCN)NC(=O)N[C@H](CCC(=O)O)C(=O)O. The lowest BCUT2D eigenvalue weighted by Crippen LogP contribution is -2.52. The van der Waals surface area contributed by atoms with E-state index < -0.39 is 48.0 Å². The van der Waals surface area contributed by atoms with E-state index in [1.807, 2.05) is 0 Å². The minimum atomic E-state index is -1.38. The van der Waals surface area contributed by atoms with Crippen molar-refractivity contribution in [3.05, 3.63) is 0 Å². The summed E-state index contributed by atoms with van der Waals surface area (Å²) in [5, 5.41) is 22.3. The number of carbonyl (C=O) groups excluding carboxylic acids is 2. The number of nitrogens with one attached hydrogen (secondary N) is 2. The fourth-order valence-corrected chi connectivity index (χ4v) is 2.00. The number of amides is 2. The van der Waals surface area contributed by atoms with Crippen molar-refractivity contribution in [2.45, 2.75) is 70.6 Å². The molecule has 0 fully saturated rings. The van der Waals surface area contributed by atoms with Gasteiger partial charge in [-0.15, -0.1) is 0 Å². The molecule has 0 rings (SSSR count). The molecule has 0 aromatic rings. The van der Waals surface area contributed by atoms with E-state index in [0.717, 1.165) is 0 Å². The van der Waals surface area contributed by atoms with E-state index in [1.54, 1.807) is 20.8 Å². The number of nitrogens with two attached hydrogens (primary N) is 1. The smallest absolute Gasteiger partial charge is 0.329 e. The van der Waals surface area contributed by atoms with Gasteiger partial charge in [0, 0.05) is 6.42 Å². The molecule has 10 nitrogen and oxygen atoms in total. The molecule has 0 unspecified atom stereocenters. The highest BCUT2D eigenvalue weighted by atomic mass is 16.6. The molecule has 2 atom stereocenters. The van der Waals surface area contributed by atoms with Crippen LogP contribution in [0.2, 0.25) is 0 Å². The van der Waals surface area contributed by atoms with Crippen molar-refractivity contribution in [3.8, 4) is 0 Å². The Balaban J connectivity index is 4.88. The molecule has 0 aromatic heterocycles. The summed E-state index contributed by atoms with van der Waals surface area (Å²) < 4.78 is 5.26. The van der Waals surface area contributed by atoms with Crippen LogP contribution in [0.15, 0.2) is 0 Å². The zero-order valence-electron chi connectivity index (χ0n) is 15.4. The van der Waals surface area contributed by atoms with Gasteiger partial charge in [0.05, 0.1) is 0 Å². The third-order valence-corrected chi connectivity index (χ3v) is 3.19. The summed E-state index contributed by atoms with van der Waals surface area (Å²) in [5.74, 6) is -3.17. The van der Waals surface area contributed by atoms with Crippen LogP contribution in [0.25, 0.3) is 0 Å². The average Bonchev–Trinajstić information content (AvgIpc) is 2.48. The highest BCUT2D eigenvalue weighted by Crippen LogP contribution is 2.11. The number of carbonyl (C=O) groups is 4. The van der Waals surface area contributed by atoms with Gasteiger partial charge in [-0.1, -0.05) is 0 Å². The van der Waals surface area contributed by atoms with Crippen LogP contribution in [-0.4, -0.2) is 58.4 Å². The molecular formula is C16H29N3O7. The van der Waals surface area contributed by atoms with Gasteiger partial charge in [0.25, 0.3) is 0 Å². The maximum atomic E-state index is 12.2. The maximum Gasteiger partial charge on any atom is 0.329 e. The number of urea groups is 1. The van der Waals surface area contributed by atoms with E-state index >= 15 is 0 Å². The standard InChI is InChI=1S/C16H29N3O7/c1-16(2,3)26-14(24)11(6-4-5-9-17)19-15(25)18-10(13(22)23)7-8-12(20)21/h10-11H,4-9,17H2,1-3H3,(H,20,21)(H,22,23)(H2,18,19,25)/t10-,11-/m1/s1. The summed E-state index contributed by atoms with van der Waals surface area (Å²) in [4.78, 5) is 46.0. The van der Waals surface area contributed by atoms with Gasteiger partial charge in [-0.2, -0.15) is 0 Å². The van der Waals surface area contributed by atoms with Crippen LogP contribution in [-0.2, 0) is 19.1 Å². The maximum absolute atomic E-state index is 12.2. The Morgan fingerprint density at radius 2 is 1.58 bits per heavy atom. The number of esters is 1. The Labute approximate surface area is 152 Å². The van der Waals surface area contributed by atoms with Gasteiger partial charge in [-0.25, -0.2) is 14.4 Å². The molecule has 150 valence electrons. The molecule has 0 saturated heterocycles. The van der Waals surface area contributed by atoms with Gasteiger partial charge in [-0.05, 0) is 53.0 Å². The second-order valence-corrected chi connectivity index (χ2v) is 6.81. The molecule has 0 aliphatic rings. The molecule has 0 bridgehead atoms. The topological polar surface area (TPSA) is 168 Å². The molecule has 0 aromatic carbocycles. The van der Waals surface area contributed by atoms with Gasteiger partial charge >= 0.3 is 23.9 Å². The van der Waals surface area contributed by atoms with E-state index in [4.69, 9.17) is 20.7 Å². The molecule has 10 heteroatoms. The molecule has 6 N–H and O–H groups in total. The van der Waals surface area contributed by atoms with Crippen LogP contribution in [0.1, 0.15) is 52.9 Å². The Hall–Kier alpha value is -2.36. The third-order valence-electron chi connectivity index (χ3n) is 3.19. The second kappa shape index (κ2) is 11.3. The number of ether oxygens (including phenoxy) is 1. The summed E-state index contributed by atoms with van der Waals surface area (Å²) in [6.45, 7) is 5.50. The zero-order valence-corrected chi connectivity index (χ0v) is 15.4. The van der Waals surface area contributed by atoms with Crippen LogP contribution in [0, 0.1) is 0 Å². The number of carboxylic acid groups (broad SMARTS) is 2. The largest absolute Gasteiger partial charge is 0.481 e. The lowest BCUT2D eigenvalue weighted by molar-refractivity contribution is -0.157. The second-order valence-electron chi connectivity index (χ2n) is 6.81. The van der Waals surface area contributed by atoms with E-state index in [2.05, 4.69) is 10.6 Å². The molecule has 0 saturated carbocycles. The van der Waals surface area contributed by atoms with Crippen LogP contribution in [0.4, 0.5) is 4.79 Å². The minimum absolute atomic E-state index is 0.275. The number of carboxylic acids is 2. The number of aliphatic carboxylic acids is 2. The Morgan fingerprint density at radius 3 is 2.04 bits per heavy atom. The van der Waals surface area contributed by atoms with Crippen LogP contribution >= 0.6 is 0 Å². The molecule has 2 amide bonds. The van der Waals surface area contributed by atoms with Gasteiger partial charge in [0.1, 0.15) is 17.7 Å². The van der Waals surface area contributed by atoms with Crippen molar-refractivity contribution in [3.63, 3.8) is 0 Å². The first-order valence-corrected chi connectivity index (χ1v) is 8.40. The first kappa shape index (κ1) is 23.6. The first-order chi connectivity index (χ1) is 12.0. The molecule has 0 radical (unpaired) electrons. The number of rotatable bonds is 11. The number of hydrogen-bond donors (Lipinski definition) is 5. The van der Waals surface area contributed by atoms with E-state index in [1.165, 1.54) is 0 Å². The van der Waals surface area contributed by atoms with Crippen LogP contribution < -0.4 is 16.4 Å². The average molecular weight is 375 g/mol. The molecule has 0 aliphatic heterocycles. The van der Waals surface area contributed by atoms with Gasteiger partial charge in [-0.3, -0.25) is 4.79 Å². The minimum Gasteiger partial charge on any atom is -0.481 e. The molecule has 0 spiro atoms. The monoisotopic (exact) mass is 375 g/mol. The molecule has 26 heavy (non-hydrogen) atoms. The van der Waals surface area contributed by atoms with Crippen LogP contribution in [0.5, 0.6) is 0 Å². The van der Waals surface area contributed by atoms with Gasteiger partial charge in [0.15, 0.2) is 0 Å².